The summed E-state index contributed by atoms with van der Waals surface area (Å²) in [6, 6.07) is 3.44. The number of ether oxygens (including phenoxy) is 2. The van der Waals surface area contributed by atoms with E-state index in [4.69, 9.17) is 21.1 Å². The van der Waals surface area contributed by atoms with Crippen molar-refractivity contribution in [1.82, 2.24) is 4.98 Å². The minimum absolute atomic E-state index is 0.0405. The van der Waals surface area contributed by atoms with Gasteiger partial charge in [0, 0.05) is 37.8 Å². The Kier molecular flexibility index (Phi) is 6.42. The van der Waals surface area contributed by atoms with E-state index < -0.39 is 5.79 Å². The summed E-state index contributed by atoms with van der Waals surface area (Å²) in [6.45, 7) is 1.89. The zero-order valence-corrected chi connectivity index (χ0v) is 12.3. The van der Waals surface area contributed by atoms with Crippen LogP contribution in [0.4, 0.5) is 0 Å². The van der Waals surface area contributed by atoms with Crippen molar-refractivity contribution < 1.29 is 14.3 Å². The predicted molar refractivity (Wildman–Crippen MR) is 74.0 cm³/mol. The lowest BCUT2D eigenvalue weighted by Gasteiger charge is -2.30. The maximum Gasteiger partial charge on any atom is 0.211 e. The molecule has 0 N–H and O–H groups in total. The third kappa shape index (κ3) is 4.27. The Morgan fingerprint density at radius 1 is 1.47 bits per heavy atom. The number of carbonyl (C=O) groups is 1. The number of methoxy groups -OCH3 is 2. The Labute approximate surface area is 119 Å². The van der Waals surface area contributed by atoms with Crippen LogP contribution in [0.5, 0.6) is 0 Å². The highest BCUT2D eigenvalue weighted by Crippen LogP contribution is 2.32. The molecule has 0 unspecified atom stereocenters. The molecule has 5 heteroatoms. The molecule has 1 atom stereocenters. The third-order valence-electron chi connectivity index (χ3n) is 3.17. The summed E-state index contributed by atoms with van der Waals surface area (Å²) in [7, 11) is 3.16. The van der Waals surface area contributed by atoms with Crippen molar-refractivity contribution in [2.45, 2.75) is 32.0 Å². The van der Waals surface area contributed by atoms with E-state index in [1.54, 1.807) is 32.5 Å². The monoisotopic (exact) mass is 285 g/mol. The summed E-state index contributed by atoms with van der Waals surface area (Å²) in [4.78, 5) is 14.9. The number of hydrogen-bond acceptors (Lipinski definition) is 4. The number of hydrogen-bond donors (Lipinski definition) is 0. The Balaban J connectivity index is 2.82. The molecule has 1 aromatic heterocycles. The molecular formula is C14H20ClNO3. The molecule has 0 bridgehead atoms. The summed E-state index contributed by atoms with van der Waals surface area (Å²) >= 11 is 5.97. The van der Waals surface area contributed by atoms with E-state index in [0.717, 1.165) is 19.1 Å². The van der Waals surface area contributed by atoms with Gasteiger partial charge in [-0.3, -0.25) is 4.98 Å². The summed E-state index contributed by atoms with van der Waals surface area (Å²) < 4.78 is 11.0. The van der Waals surface area contributed by atoms with E-state index in [1.165, 1.54) is 0 Å². The number of halogens is 1. The van der Waals surface area contributed by atoms with Crippen molar-refractivity contribution in [1.29, 1.82) is 0 Å². The first kappa shape index (κ1) is 16.1. The fourth-order valence-corrected chi connectivity index (χ4v) is 2.12. The normalized spacial score (nSPS) is 13.3. The van der Waals surface area contributed by atoms with Gasteiger partial charge in [0.15, 0.2) is 0 Å². The largest absolute Gasteiger partial charge is 0.348 e. The average Bonchev–Trinajstić information content (AvgIpc) is 2.43. The first-order valence-electron chi connectivity index (χ1n) is 6.25. The molecule has 0 fully saturated rings. The molecule has 1 aromatic rings. The number of nitrogens with zero attached hydrogens (tertiary/aromatic N) is 1. The lowest BCUT2D eigenvalue weighted by atomic mass is 9.99. The van der Waals surface area contributed by atoms with Gasteiger partial charge in [0.1, 0.15) is 12.0 Å². The van der Waals surface area contributed by atoms with E-state index in [1.807, 2.05) is 6.92 Å². The van der Waals surface area contributed by atoms with Gasteiger partial charge in [-0.15, -0.1) is 0 Å². The first-order valence-corrected chi connectivity index (χ1v) is 6.63. The van der Waals surface area contributed by atoms with Gasteiger partial charge < -0.3 is 14.3 Å². The molecule has 0 saturated carbocycles. The minimum Gasteiger partial charge on any atom is -0.348 e. The van der Waals surface area contributed by atoms with Crippen LogP contribution in [0.1, 0.15) is 31.9 Å². The molecule has 0 spiro atoms. The van der Waals surface area contributed by atoms with Crippen LogP contribution in [-0.2, 0) is 20.1 Å². The van der Waals surface area contributed by atoms with Crippen molar-refractivity contribution in [3.05, 3.63) is 29.0 Å². The van der Waals surface area contributed by atoms with Crippen LogP contribution < -0.4 is 0 Å². The van der Waals surface area contributed by atoms with Crippen LogP contribution in [0.3, 0.4) is 0 Å². The van der Waals surface area contributed by atoms with Gasteiger partial charge in [-0.1, -0.05) is 18.5 Å². The number of rotatable bonds is 8. The van der Waals surface area contributed by atoms with E-state index in [9.17, 15) is 4.79 Å². The van der Waals surface area contributed by atoms with E-state index >= 15 is 0 Å². The van der Waals surface area contributed by atoms with E-state index in [0.29, 0.717) is 17.1 Å². The lowest BCUT2D eigenvalue weighted by molar-refractivity contribution is -0.223. The van der Waals surface area contributed by atoms with Gasteiger partial charge in [0.25, 0.3) is 0 Å². The molecule has 0 aliphatic carbocycles. The average molecular weight is 286 g/mol. The number of aldehydes is 1. The molecule has 0 aromatic carbocycles. The molecule has 106 valence electrons. The Morgan fingerprint density at radius 2 is 2.16 bits per heavy atom. The highest BCUT2D eigenvalue weighted by atomic mass is 35.5. The van der Waals surface area contributed by atoms with Gasteiger partial charge in [-0.2, -0.15) is 0 Å². The van der Waals surface area contributed by atoms with Crippen LogP contribution in [0.15, 0.2) is 18.3 Å². The minimum atomic E-state index is -0.909. The number of aromatic nitrogens is 1. The van der Waals surface area contributed by atoms with Gasteiger partial charge >= 0.3 is 0 Å². The fraction of sp³-hybridized carbons (Fsp3) is 0.571. The van der Waals surface area contributed by atoms with Crippen molar-refractivity contribution in [2.75, 3.05) is 14.2 Å². The van der Waals surface area contributed by atoms with Crippen molar-refractivity contribution in [3.8, 4) is 0 Å². The van der Waals surface area contributed by atoms with Gasteiger partial charge in [-0.05, 0) is 25.0 Å². The zero-order chi connectivity index (χ0) is 14.3. The van der Waals surface area contributed by atoms with E-state index in [-0.39, 0.29) is 5.92 Å². The van der Waals surface area contributed by atoms with Crippen LogP contribution in [-0.4, -0.2) is 25.5 Å². The molecule has 1 heterocycles. The maximum absolute atomic E-state index is 10.6. The Hall–Kier alpha value is -0.970. The standard InChI is InChI=1S/C14H20ClNO3/c1-11(10-17)5-4-7-14(18-2,19-3)13-9-12(15)6-8-16-13/h6,8-11H,4-5,7H2,1-3H3/t11-/m1/s1. The van der Waals surface area contributed by atoms with Gasteiger partial charge in [0.05, 0.1) is 0 Å². The topological polar surface area (TPSA) is 48.4 Å². The molecule has 0 aliphatic heterocycles. The van der Waals surface area contributed by atoms with Gasteiger partial charge in [0.2, 0.25) is 5.79 Å². The Bertz CT molecular complexity index is 407. The van der Waals surface area contributed by atoms with Crippen LogP contribution in [0.2, 0.25) is 5.02 Å². The van der Waals surface area contributed by atoms with Gasteiger partial charge in [-0.25, -0.2) is 0 Å². The SMILES string of the molecule is COC(CCC[C@@H](C)C=O)(OC)c1cc(Cl)ccn1. The van der Waals surface area contributed by atoms with Crippen molar-refractivity contribution in [3.63, 3.8) is 0 Å². The molecule has 0 aliphatic rings. The third-order valence-corrected chi connectivity index (χ3v) is 3.40. The highest BCUT2D eigenvalue weighted by molar-refractivity contribution is 6.30. The molecule has 4 nitrogen and oxygen atoms in total. The number of carbonyl (C=O) groups excluding carboxylic acids is 1. The van der Waals surface area contributed by atoms with E-state index in [2.05, 4.69) is 4.98 Å². The van der Waals surface area contributed by atoms with Crippen molar-refractivity contribution in [2.24, 2.45) is 5.92 Å². The molecule has 0 amide bonds. The summed E-state index contributed by atoms with van der Waals surface area (Å²) in [6.07, 6.45) is 4.79. The predicted octanol–water partition coefficient (Wildman–Crippen LogP) is 3.19. The Morgan fingerprint density at radius 3 is 2.68 bits per heavy atom. The molecule has 19 heavy (non-hydrogen) atoms. The first-order chi connectivity index (χ1) is 9.07. The summed E-state index contributed by atoms with van der Waals surface area (Å²) in [5.74, 6) is -0.869. The second-order valence-electron chi connectivity index (χ2n) is 4.53. The zero-order valence-electron chi connectivity index (χ0n) is 11.6. The maximum atomic E-state index is 10.6. The quantitative estimate of drug-likeness (QED) is 0.544. The van der Waals surface area contributed by atoms with Crippen LogP contribution in [0, 0.1) is 5.92 Å². The second kappa shape index (κ2) is 7.58. The highest BCUT2D eigenvalue weighted by Gasteiger charge is 2.33. The smallest absolute Gasteiger partial charge is 0.211 e. The molecule has 0 radical (unpaired) electrons. The molecular weight excluding hydrogens is 266 g/mol. The number of pyridine rings is 1. The fourth-order valence-electron chi connectivity index (χ4n) is 1.96. The lowest BCUT2D eigenvalue weighted by Crippen LogP contribution is -2.32. The summed E-state index contributed by atoms with van der Waals surface area (Å²) in [5.41, 5.74) is 0.642. The second-order valence-corrected chi connectivity index (χ2v) is 4.96. The van der Waals surface area contributed by atoms with Crippen molar-refractivity contribution >= 4 is 17.9 Å². The molecule has 0 saturated heterocycles. The van der Waals surface area contributed by atoms with Crippen LogP contribution in [0.25, 0.3) is 0 Å². The van der Waals surface area contributed by atoms with Crippen LogP contribution >= 0.6 is 11.6 Å². The molecule has 1 rings (SSSR count). The summed E-state index contributed by atoms with van der Waals surface area (Å²) in [5, 5.41) is 0.588.